The molecule has 0 atom stereocenters. The van der Waals surface area contributed by atoms with Crippen molar-refractivity contribution in [2.75, 3.05) is 0 Å². The van der Waals surface area contributed by atoms with Crippen LogP contribution in [-0.2, 0) is 11.8 Å². The Kier molecular flexibility index (Phi) is 3.12. The Morgan fingerprint density at radius 2 is 1.75 bits per heavy atom. The van der Waals surface area contributed by atoms with Crippen molar-refractivity contribution in [3.05, 3.63) is 41.7 Å². The highest BCUT2D eigenvalue weighted by Crippen LogP contribution is 2.51. The quantitative estimate of drug-likeness (QED) is 0.658. The molecule has 0 aliphatic carbocycles. The molecule has 1 aromatic rings. The molecule has 0 saturated heterocycles. The van der Waals surface area contributed by atoms with Crippen LogP contribution in [-0.4, -0.2) is 0 Å². The molecule has 0 fully saturated rings. The first kappa shape index (κ1) is 9.56. The van der Waals surface area contributed by atoms with Crippen LogP contribution < -0.4 is 0 Å². The fourth-order valence-electron chi connectivity index (χ4n) is 0.737. The first-order chi connectivity index (χ1) is 5.58. The number of rotatable bonds is 2. The molecule has 0 aliphatic rings. The predicted molar refractivity (Wildman–Crippen MR) is 52.0 cm³/mol. The molecule has 64 valence electrons. The van der Waals surface area contributed by atoms with E-state index in [-0.39, 0.29) is 0 Å². The van der Waals surface area contributed by atoms with Gasteiger partial charge >= 0.3 is 0 Å². The van der Waals surface area contributed by atoms with Crippen molar-refractivity contribution < 1.29 is 8.39 Å². The van der Waals surface area contributed by atoms with Crippen molar-refractivity contribution in [3.63, 3.8) is 0 Å². The predicted octanol–water partition coefficient (Wildman–Crippen LogP) is 3.91. The molecule has 0 heterocycles. The SMILES string of the molecule is FP(F)(=S)/C=C/c1ccccc1. The Labute approximate surface area is 75.2 Å². The van der Waals surface area contributed by atoms with Crippen LogP contribution in [0.1, 0.15) is 5.56 Å². The maximum Gasteiger partial charge on any atom is 0.294 e. The van der Waals surface area contributed by atoms with E-state index in [1.165, 1.54) is 6.08 Å². The minimum Gasteiger partial charge on any atom is -0.177 e. The van der Waals surface area contributed by atoms with E-state index in [1.807, 2.05) is 6.07 Å². The lowest BCUT2D eigenvalue weighted by Gasteiger charge is -1.92. The maximum atomic E-state index is 12.2. The molecule has 0 unspecified atom stereocenters. The molecule has 0 aromatic heterocycles. The molecule has 0 bridgehead atoms. The lowest BCUT2D eigenvalue weighted by molar-refractivity contribution is 0.758. The minimum atomic E-state index is -4.18. The molecule has 1 rings (SSSR count). The number of halogens is 2. The third-order valence-corrected chi connectivity index (χ3v) is 2.10. The summed E-state index contributed by atoms with van der Waals surface area (Å²) in [5.41, 5.74) is 0.752. The molecule has 0 nitrogen and oxygen atoms in total. The Bertz CT molecular complexity index is 315. The lowest BCUT2D eigenvalue weighted by atomic mass is 10.2. The number of hydrogen-bond acceptors (Lipinski definition) is 1. The monoisotopic (exact) mass is 204 g/mol. The van der Waals surface area contributed by atoms with E-state index < -0.39 is 6.66 Å². The fourth-order valence-corrected chi connectivity index (χ4v) is 1.27. The summed E-state index contributed by atoms with van der Waals surface area (Å²) in [4.78, 5) is 0. The van der Waals surface area contributed by atoms with Crippen LogP contribution in [0.5, 0.6) is 0 Å². The second-order valence-corrected chi connectivity index (χ2v) is 4.99. The fraction of sp³-hybridized carbons (Fsp3) is 0. The highest BCUT2D eigenvalue weighted by atomic mass is 32.5. The van der Waals surface area contributed by atoms with Crippen molar-refractivity contribution in [2.24, 2.45) is 0 Å². The Balaban J connectivity index is 2.78. The van der Waals surface area contributed by atoms with Crippen LogP contribution in [0, 0.1) is 0 Å². The second kappa shape index (κ2) is 3.92. The topological polar surface area (TPSA) is 0 Å². The van der Waals surface area contributed by atoms with E-state index in [2.05, 4.69) is 11.8 Å². The second-order valence-electron chi connectivity index (χ2n) is 2.23. The molecule has 0 radical (unpaired) electrons. The molecular formula is C8H7F2PS. The summed E-state index contributed by atoms with van der Waals surface area (Å²) in [6.45, 7) is -4.18. The number of benzene rings is 1. The first-order valence-corrected chi connectivity index (χ1v) is 5.96. The van der Waals surface area contributed by atoms with Crippen molar-refractivity contribution in [3.8, 4) is 0 Å². The van der Waals surface area contributed by atoms with Crippen molar-refractivity contribution >= 4 is 24.5 Å². The van der Waals surface area contributed by atoms with E-state index in [0.29, 0.717) is 0 Å². The standard InChI is InChI=1S/C8H7F2PS/c9-11(10,12)7-6-8-4-2-1-3-5-8/h1-7H/b7-6+. The summed E-state index contributed by atoms with van der Waals surface area (Å²) in [5.74, 6) is 0.817. The molecule has 0 spiro atoms. The van der Waals surface area contributed by atoms with Crippen LogP contribution in [0.4, 0.5) is 8.39 Å². The number of hydrogen-bond donors (Lipinski definition) is 0. The van der Waals surface area contributed by atoms with Crippen LogP contribution in [0.15, 0.2) is 36.1 Å². The average molecular weight is 204 g/mol. The van der Waals surface area contributed by atoms with Gasteiger partial charge in [0.05, 0.1) is 0 Å². The molecule has 1 aromatic carbocycles. The molecule has 4 heteroatoms. The van der Waals surface area contributed by atoms with Gasteiger partial charge in [-0.1, -0.05) is 30.3 Å². The highest BCUT2D eigenvalue weighted by Gasteiger charge is 2.05. The smallest absolute Gasteiger partial charge is 0.177 e. The maximum absolute atomic E-state index is 12.2. The van der Waals surface area contributed by atoms with E-state index >= 15 is 0 Å². The van der Waals surface area contributed by atoms with Gasteiger partial charge < -0.3 is 0 Å². The van der Waals surface area contributed by atoms with Crippen LogP contribution >= 0.6 is 6.66 Å². The lowest BCUT2D eigenvalue weighted by Crippen LogP contribution is -1.66. The van der Waals surface area contributed by atoms with Crippen LogP contribution in [0.3, 0.4) is 0 Å². The molecule has 0 N–H and O–H groups in total. The Morgan fingerprint density at radius 3 is 2.25 bits per heavy atom. The molecule has 0 amide bonds. The zero-order valence-corrected chi connectivity index (χ0v) is 7.86. The molecule has 0 saturated carbocycles. The van der Waals surface area contributed by atoms with Crippen molar-refractivity contribution in [1.82, 2.24) is 0 Å². The van der Waals surface area contributed by atoms with Crippen molar-refractivity contribution in [1.29, 1.82) is 0 Å². The van der Waals surface area contributed by atoms with Crippen molar-refractivity contribution in [2.45, 2.75) is 0 Å². The van der Waals surface area contributed by atoms with Gasteiger partial charge in [0.1, 0.15) is 0 Å². The Hall–Kier alpha value is -0.530. The average Bonchev–Trinajstić information content (AvgIpc) is 2.02. The van der Waals surface area contributed by atoms with E-state index in [0.717, 1.165) is 11.4 Å². The third-order valence-electron chi connectivity index (χ3n) is 1.24. The third kappa shape index (κ3) is 3.74. The van der Waals surface area contributed by atoms with Gasteiger partial charge in [-0.15, -0.1) is 0 Å². The van der Waals surface area contributed by atoms with E-state index in [4.69, 9.17) is 0 Å². The zero-order chi connectivity index (χ0) is 9.03. The summed E-state index contributed by atoms with van der Waals surface area (Å²) < 4.78 is 24.5. The zero-order valence-electron chi connectivity index (χ0n) is 6.15. The summed E-state index contributed by atoms with van der Waals surface area (Å²) in [6.07, 6.45) is 1.36. The Morgan fingerprint density at radius 1 is 1.17 bits per heavy atom. The summed E-state index contributed by atoms with van der Waals surface area (Å²) >= 11 is 3.97. The van der Waals surface area contributed by atoms with Gasteiger partial charge in [0.2, 0.25) is 0 Å². The van der Waals surface area contributed by atoms with Gasteiger partial charge in [0.15, 0.2) is 0 Å². The molecule has 0 aliphatic heterocycles. The highest BCUT2D eigenvalue weighted by molar-refractivity contribution is 8.11. The van der Waals surface area contributed by atoms with Crippen LogP contribution in [0.2, 0.25) is 0 Å². The normalized spacial score (nSPS) is 12.2. The van der Waals surface area contributed by atoms with Gasteiger partial charge in [-0.05, 0) is 23.4 Å². The summed E-state index contributed by atoms with van der Waals surface area (Å²) in [7, 11) is 0. The van der Waals surface area contributed by atoms with E-state index in [1.54, 1.807) is 24.3 Å². The van der Waals surface area contributed by atoms with Gasteiger partial charge in [0.25, 0.3) is 6.66 Å². The summed E-state index contributed by atoms with van der Waals surface area (Å²) in [6, 6.07) is 8.92. The minimum absolute atomic E-state index is 0.752. The van der Waals surface area contributed by atoms with E-state index in [9.17, 15) is 8.39 Å². The van der Waals surface area contributed by atoms with Gasteiger partial charge in [-0.2, -0.15) is 8.39 Å². The molecule has 12 heavy (non-hydrogen) atoms. The summed E-state index contributed by atoms with van der Waals surface area (Å²) in [5, 5.41) is 0. The molecular weight excluding hydrogens is 197 g/mol. The largest absolute Gasteiger partial charge is 0.294 e. The van der Waals surface area contributed by atoms with Gasteiger partial charge in [-0.25, -0.2) is 0 Å². The van der Waals surface area contributed by atoms with Gasteiger partial charge in [0, 0.05) is 5.82 Å². The first-order valence-electron chi connectivity index (χ1n) is 3.31. The van der Waals surface area contributed by atoms with Crippen LogP contribution in [0.25, 0.3) is 6.08 Å². The van der Waals surface area contributed by atoms with Gasteiger partial charge in [-0.3, -0.25) is 0 Å².